The van der Waals surface area contributed by atoms with Gasteiger partial charge in [0, 0.05) is 17.0 Å². The van der Waals surface area contributed by atoms with E-state index in [4.69, 9.17) is 23.6 Å². The molecule has 4 rings (SSSR count). The Morgan fingerprint density at radius 3 is 2.36 bits per heavy atom. The van der Waals surface area contributed by atoms with E-state index in [0.717, 1.165) is 10.9 Å². The van der Waals surface area contributed by atoms with E-state index in [1.807, 2.05) is 49.4 Å². The van der Waals surface area contributed by atoms with Gasteiger partial charge in [-0.25, -0.2) is 4.99 Å². The number of fused-ring (bicyclic) bond motifs is 1. The van der Waals surface area contributed by atoms with Crippen LogP contribution in [0.15, 0.2) is 76.1 Å². The Morgan fingerprint density at radius 1 is 0.939 bits per heavy atom. The smallest absolute Gasteiger partial charge is 0.161 e. The second kappa shape index (κ2) is 9.48. The van der Waals surface area contributed by atoms with Crippen LogP contribution in [-0.4, -0.2) is 26.8 Å². The molecule has 1 aromatic heterocycles. The van der Waals surface area contributed by atoms with Crippen LogP contribution in [0.1, 0.15) is 17.3 Å². The highest BCUT2D eigenvalue weighted by atomic mass is 16.5. The van der Waals surface area contributed by atoms with Gasteiger partial charge >= 0.3 is 0 Å². The molecule has 0 atom stereocenters. The molecule has 0 N–H and O–H groups in total. The SMILES string of the molecule is CCOc1ccc2oc(-c3ccc(OC)c(OC)c3)cc(=Nc3ccc(C(=O)[O-])cc3)c2c1. The van der Waals surface area contributed by atoms with Gasteiger partial charge in [-0.05, 0) is 61.0 Å². The van der Waals surface area contributed by atoms with Crippen LogP contribution in [-0.2, 0) is 0 Å². The Labute approximate surface area is 190 Å². The molecule has 3 aromatic carbocycles. The van der Waals surface area contributed by atoms with Gasteiger partial charge in [-0.15, -0.1) is 0 Å². The standard InChI is InChI=1S/C26H23NO6/c1-4-32-19-10-12-22-20(14-19)21(27-18-8-5-16(6-9-18)26(28)29)15-24(33-22)17-7-11-23(30-2)25(13-17)31-3/h5-15H,4H2,1-3H3,(H,28,29)/p-1. The fourth-order valence-electron chi connectivity index (χ4n) is 3.44. The van der Waals surface area contributed by atoms with Gasteiger partial charge in [0.05, 0.1) is 37.8 Å². The van der Waals surface area contributed by atoms with Crippen molar-refractivity contribution in [3.05, 3.63) is 77.7 Å². The third-order valence-corrected chi connectivity index (χ3v) is 5.05. The molecule has 0 saturated carbocycles. The maximum atomic E-state index is 11.1. The molecule has 0 aliphatic rings. The number of aromatic carboxylic acids is 1. The average Bonchev–Trinajstić information content (AvgIpc) is 2.84. The van der Waals surface area contributed by atoms with Gasteiger partial charge in [-0.3, -0.25) is 0 Å². The third-order valence-electron chi connectivity index (χ3n) is 5.05. The molecule has 0 saturated heterocycles. The molecule has 7 nitrogen and oxygen atoms in total. The Bertz CT molecular complexity index is 1370. The van der Waals surface area contributed by atoms with E-state index < -0.39 is 5.97 Å². The molecular formula is C26H22NO6-. The summed E-state index contributed by atoms with van der Waals surface area (Å²) >= 11 is 0. The first-order chi connectivity index (χ1) is 16.0. The molecule has 7 heteroatoms. The molecule has 4 aromatic rings. The van der Waals surface area contributed by atoms with Crippen LogP contribution in [0.3, 0.4) is 0 Å². The Balaban J connectivity index is 1.92. The van der Waals surface area contributed by atoms with Crippen molar-refractivity contribution in [1.29, 1.82) is 0 Å². The van der Waals surface area contributed by atoms with Crippen LogP contribution in [0.4, 0.5) is 5.69 Å². The number of rotatable bonds is 7. The van der Waals surface area contributed by atoms with E-state index in [-0.39, 0.29) is 5.56 Å². The highest BCUT2D eigenvalue weighted by Crippen LogP contribution is 2.33. The van der Waals surface area contributed by atoms with E-state index >= 15 is 0 Å². The lowest BCUT2D eigenvalue weighted by atomic mass is 10.1. The molecule has 0 unspecified atom stereocenters. The first kappa shape index (κ1) is 22.0. The minimum Gasteiger partial charge on any atom is -0.545 e. The number of carbonyl (C=O) groups is 1. The third kappa shape index (κ3) is 4.67. The first-order valence-corrected chi connectivity index (χ1v) is 10.3. The van der Waals surface area contributed by atoms with Crippen molar-refractivity contribution in [3.63, 3.8) is 0 Å². The van der Waals surface area contributed by atoms with E-state index in [9.17, 15) is 9.90 Å². The van der Waals surface area contributed by atoms with Crippen LogP contribution in [0.25, 0.3) is 22.3 Å². The van der Waals surface area contributed by atoms with Gasteiger partial charge in [0.2, 0.25) is 0 Å². The molecule has 0 fully saturated rings. The van der Waals surface area contributed by atoms with Gasteiger partial charge in [0.15, 0.2) is 11.5 Å². The van der Waals surface area contributed by atoms with Crippen molar-refractivity contribution in [2.75, 3.05) is 20.8 Å². The summed E-state index contributed by atoms with van der Waals surface area (Å²) in [5, 5.41) is 12.5. The first-order valence-electron chi connectivity index (χ1n) is 10.3. The summed E-state index contributed by atoms with van der Waals surface area (Å²) < 4.78 is 22.6. The van der Waals surface area contributed by atoms with Crippen molar-refractivity contribution in [1.82, 2.24) is 0 Å². The summed E-state index contributed by atoms with van der Waals surface area (Å²) in [7, 11) is 3.15. The Hall–Kier alpha value is -4.26. The second-order valence-electron chi connectivity index (χ2n) is 7.10. The maximum Gasteiger partial charge on any atom is 0.161 e. The highest BCUT2D eigenvalue weighted by molar-refractivity contribution is 5.86. The van der Waals surface area contributed by atoms with E-state index in [1.54, 1.807) is 26.4 Å². The summed E-state index contributed by atoms with van der Waals surface area (Å²) in [6.07, 6.45) is 0. The maximum absolute atomic E-state index is 11.1. The summed E-state index contributed by atoms with van der Waals surface area (Å²) in [6.45, 7) is 2.45. The number of benzene rings is 3. The number of hydrogen-bond donors (Lipinski definition) is 0. The lowest BCUT2D eigenvalue weighted by Crippen LogP contribution is -2.21. The average molecular weight is 444 g/mol. The number of hydrogen-bond acceptors (Lipinski definition) is 7. The lowest BCUT2D eigenvalue weighted by Gasteiger charge is -2.11. The molecule has 0 aliphatic heterocycles. The summed E-state index contributed by atoms with van der Waals surface area (Å²) in [5.74, 6) is 1.23. The zero-order valence-corrected chi connectivity index (χ0v) is 18.5. The normalized spacial score (nSPS) is 11.4. The minimum absolute atomic E-state index is 0.0894. The van der Waals surface area contributed by atoms with Gasteiger partial charge in [0.1, 0.15) is 17.1 Å². The molecule has 0 amide bonds. The topological polar surface area (TPSA) is 93.3 Å². The fourth-order valence-corrected chi connectivity index (χ4v) is 3.44. The van der Waals surface area contributed by atoms with Crippen molar-refractivity contribution < 1.29 is 28.5 Å². The molecule has 168 valence electrons. The highest BCUT2D eigenvalue weighted by Gasteiger charge is 2.11. The molecule has 0 aliphatic carbocycles. The zero-order valence-electron chi connectivity index (χ0n) is 18.5. The summed E-state index contributed by atoms with van der Waals surface area (Å²) in [4.78, 5) is 15.8. The van der Waals surface area contributed by atoms with Crippen molar-refractivity contribution >= 4 is 22.6 Å². The number of carboxylic acids is 1. The van der Waals surface area contributed by atoms with Gasteiger partial charge < -0.3 is 28.5 Å². The number of nitrogens with zero attached hydrogens (tertiary/aromatic N) is 1. The number of ether oxygens (including phenoxy) is 3. The van der Waals surface area contributed by atoms with Crippen LogP contribution in [0.2, 0.25) is 0 Å². The largest absolute Gasteiger partial charge is 0.545 e. The van der Waals surface area contributed by atoms with Crippen molar-refractivity contribution in [2.24, 2.45) is 4.99 Å². The second-order valence-corrected chi connectivity index (χ2v) is 7.10. The molecule has 1 heterocycles. The fraction of sp³-hybridized carbons (Fsp3) is 0.154. The summed E-state index contributed by atoms with van der Waals surface area (Å²) in [6, 6.07) is 19.1. The van der Waals surface area contributed by atoms with Crippen LogP contribution in [0, 0.1) is 0 Å². The predicted octanol–water partition coefficient (Wildman–Crippen LogP) is 4.11. The Kier molecular flexibility index (Phi) is 6.31. The zero-order chi connectivity index (χ0) is 23.4. The van der Waals surface area contributed by atoms with E-state index in [0.29, 0.717) is 46.2 Å². The monoisotopic (exact) mass is 444 g/mol. The van der Waals surface area contributed by atoms with Crippen molar-refractivity contribution in [2.45, 2.75) is 6.92 Å². The number of carbonyl (C=O) groups excluding carboxylic acids is 1. The van der Waals surface area contributed by atoms with Crippen LogP contribution in [0.5, 0.6) is 17.2 Å². The number of carboxylic acid groups (broad SMARTS) is 1. The molecular weight excluding hydrogens is 422 g/mol. The van der Waals surface area contributed by atoms with Crippen molar-refractivity contribution in [3.8, 4) is 28.6 Å². The minimum atomic E-state index is -1.23. The molecule has 0 bridgehead atoms. The van der Waals surface area contributed by atoms with Crippen LogP contribution >= 0.6 is 0 Å². The van der Waals surface area contributed by atoms with Gasteiger partial charge in [-0.2, -0.15) is 0 Å². The Morgan fingerprint density at radius 2 is 1.70 bits per heavy atom. The predicted molar refractivity (Wildman–Crippen MR) is 122 cm³/mol. The molecule has 33 heavy (non-hydrogen) atoms. The van der Waals surface area contributed by atoms with E-state index in [2.05, 4.69) is 0 Å². The lowest BCUT2D eigenvalue weighted by molar-refractivity contribution is -0.255. The molecule has 0 spiro atoms. The quantitative estimate of drug-likeness (QED) is 0.426. The number of methoxy groups -OCH3 is 2. The molecule has 0 radical (unpaired) electrons. The summed E-state index contributed by atoms with van der Waals surface area (Å²) in [5.41, 5.74) is 2.09. The van der Waals surface area contributed by atoms with Gasteiger partial charge in [-0.1, -0.05) is 12.1 Å². The van der Waals surface area contributed by atoms with E-state index in [1.165, 1.54) is 12.1 Å². The van der Waals surface area contributed by atoms with Gasteiger partial charge in [0.25, 0.3) is 0 Å². The van der Waals surface area contributed by atoms with Crippen LogP contribution < -0.4 is 24.7 Å².